The van der Waals surface area contributed by atoms with Gasteiger partial charge in [-0.15, -0.1) is 0 Å². The Hall–Kier alpha value is -2.17. The summed E-state index contributed by atoms with van der Waals surface area (Å²) in [5.74, 6) is -0.0948. The van der Waals surface area contributed by atoms with Crippen LogP contribution in [0.1, 0.15) is 30.5 Å². The van der Waals surface area contributed by atoms with E-state index in [1.54, 1.807) is 6.92 Å². The molecule has 2 aromatic rings. The van der Waals surface area contributed by atoms with Crippen LogP contribution in [0, 0.1) is 0 Å². The van der Waals surface area contributed by atoms with Gasteiger partial charge in [0.2, 0.25) is 5.91 Å². The van der Waals surface area contributed by atoms with Gasteiger partial charge in [0.05, 0.1) is 13.2 Å². The molecule has 0 bridgehead atoms. The zero-order valence-corrected chi connectivity index (χ0v) is 14.3. The molecule has 0 spiro atoms. The van der Waals surface area contributed by atoms with E-state index in [0.717, 1.165) is 16.7 Å². The van der Waals surface area contributed by atoms with Gasteiger partial charge < -0.3 is 14.8 Å². The minimum atomic E-state index is -0.424. The van der Waals surface area contributed by atoms with E-state index >= 15 is 0 Å². The number of rotatable bonds is 9. The van der Waals surface area contributed by atoms with Crippen molar-refractivity contribution in [3.05, 3.63) is 71.3 Å². The Balaban J connectivity index is 1.79. The van der Waals surface area contributed by atoms with Crippen LogP contribution in [0.3, 0.4) is 0 Å². The van der Waals surface area contributed by atoms with Crippen LogP contribution in [0.15, 0.2) is 54.6 Å². The summed E-state index contributed by atoms with van der Waals surface area (Å²) in [7, 11) is 0. The Bertz CT molecular complexity index is 628. The molecule has 0 radical (unpaired) electrons. The maximum Gasteiger partial charge on any atom is 0.249 e. The largest absolute Gasteiger partial charge is 0.372 e. The minimum Gasteiger partial charge on any atom is -0.372 e. The zero-order valence-electron chi connectivity index (χ0n) is 14.3. The van der Waals surface area contributed by atoms with Crippen LogP contribution in [0.2, 0.25) is 0 Å². The molecule has 128 valence electrons. The van der Waals surface area contributed by atoms with Crippen molar-refractivity contribution in [1.82, 2.24) is 5.32 Å². The lowest BCUT2D eigenvalue weighted by Gasteiger charge is -2.12. The third-order valence-corrected chi connectivity index (χ3v) is 3.62. The minimum absolute atomic E-state index is 0.0948. The van der Waals surface area contributed by atoms with Crippen LogP contribution in [0.4, 0.5) is 0 Å². The van der Waals surface area contributed by atoms with Crippen molar-refractivity contribution in [3.8, 4) is 0 Å². The maximum atomic E-state index is 11.9. The molecule has 0 aliphatic carbocycles. The second-order valence-corrected chi connectivity index (χ2v) is 5.61. The molecular weight excluding hydrogens is 302 g/mol. The monoisotopic (exact) mass is 327 g/mol. The van der Waals surface area contributed by atoms with Crippen LogP contribution < -0.4 is 5.32 Å². The summed E-state index contributed by atoms with van der Waals surface area (Å²) in [4.78, 5) is 11.9. The van der Waals surface area contributed by atoms with Crippen LogP contribution in [-0.4, -0.2) is 18.6 Å². The number of amides is 1. The van der Waals surface area contributed by atoms with Crippen molar-refractivity contribution in [2.75, 3.05) is 6.61 Å². The van der Waals surface area contributed by atoms with E-state index in [0.29, 0.717) is 26.4 Å². The number of hydrogen-bond donors (Lipinski definition) is 1. The SMILES string of the molecule is CCOC(C)C(=O)NCc1cccc(COCc2ccccc2)c1. The van der Waals surface area contributed by atoms with Gasteiger partial charge in [0, 0.05) is 13.2 Å². The molecule has 1 atom stereocenters. The van der Waals surface area contributed by atoms with E-state index in [-0.39, 0.29) is 5.91 Å². The summed E-state index contributed by atoms with van der Waals surface area (Å²) in [6.45, 7) is 5.79. The number of benzene rings is 2. The first-order valence-electron chi connectivity index (χ1n) is 8.28. The van der Waals surface area contributed by atoms with Gasteiger partial charge in [-0.2, -0.15) is 0 Å². The first-order valence-corrected chi connectivity index (χ1v) is 8.28. The Morgan fingerprint density at radius 1 is 1.00 bits per heavy atom. The molecule has 0 aromatic heterocycles. The van der Waals surface area contributed by atoms with Gasteiger partial charge in [-0.25, -0.2) is 0 Å². The normalized spacial score (nSPS) is 11.9. The van der Waals surface area contributed by atoms with Crippen molar-refractivity contribution in [2.24, 2.45) is 0 Å². The lowest BCUT2D eigenvalue weighted by molar-refractivity contribution is -0.131. The third kappa shape index (κ3) is 6.14. The van der Waals surface area contributed by atoms with E-state index < -0.39 is 6.10 Å². The molecular formula is C20H25NO3. The van der Waals surface area contributed by atoms with Gasteiger partial charge in [0.1, 0.15) is 6.10 Å². The van der Waals surface area contributed by atoms with E-state index in [4.69, 9.17) is 9.47 Å². The van der Waals surface area contributed by atoms with E-state index in [9.17, 15) is 4.79 Å². The highest BCUT2D eigenvalue weighted by atomic mass is 16.5. The van der Waals surface area contributed by atoms with E-state index in [1.807, 2.05) is 55.5 Å². The molecule has 1 unspecified atom stereocenters. The highest BCUT2D eigenvalue weighted by Crippen LogP contribution is 2.09. The number of ether oxygens (including phenoxy) is 2. The molecule has 24 heavy (non-hydrogen) atoms. The molecule has 4 nitrogen and oxygen atoms in total. The van der Waals surface area contributed by atoms with Gasteiger partial charge in [0.25, 0.3) is 0 Å². The van der Waals surface area contributed by atoms with Crippen LogP contribution in [0.25, 0.3) is 0 Å². The molecule has 2 aromatic carbocycles. The predicted molar refractivity (Wildman–Crippen MR) is 94.3 cm³/mol. The van der Waals surface area contributed by atoms with E-state index in [1.165, 1.54) is 0 Å². The van der Waals surface area contributed by atoms with Gasteiger partial charge in [-0.1, -0.05) is 54.6 Å². The number of nitrogens with one attached hydrogen (secondary N) is 1. The lowest BCUT2D eigenvalue weighted by atomic mass is 10.1. The topological polar surface area (TPSA) is 47.6 Å². The highest BCUT2D eigenvalue weighted by molar-refractivity contribution is 5.80. The highest BCUT2D eigenvalue weighted by Gasteiger charge is 2.11. The fourth-order valence-electron chi connectivity index (χ4n) is 2.35. The van der Waals surface area contributed by atoms with Gasteiger partial charge in [-0.3, -0.25) is 4.79 Å². The molecule has 1 amide bonds. The van der Waals surface area contributed by atoms with Crippen molar-refractivity contribution in [1.29, 1.82) is 0 Å². The first-order chi connectivity index (χ1) is 11.7. The predicted octanol–water partition coefficient (Wildman–Crippen LogP) is 3.44. The second-order valence-electron chi connectivity index (χ2n) is 5.61. The summed E-state index contributed by atoms with van der Waals surface area (Å²) >= 11 is 0. The average molecular weight is 327 g/mol. The summed E-state index contributed by atoms with van der Waals surface area (Å²) in [5, 5.41) is 2.89. The Morgan fingerprint density at radius 2 is 1.67 bits per heavy atom. The number of carbonyl (C=O) groups is 1. The summed E-state index contributed by atoms with van der Waals surface area (Å²) in [6.07, 6.45) is -0.424. The fraction of sp³-hybridized carbons (Fsp3) is 0.350. The second kappa shape index (κ2) is 9.85. The van der Waals surface area contributed by atoms with Crippen molar-refractivity contribution in [2.45, 2.75) is 39.7 Å². The Morgan fingerprint density at radius 3 is 2.42 bits per heavy atom. The molecule has 0 saturated carbocycles. The molecule has 0 aliphatic rings. The summed E-state index contributed by atoms with van der Waals surface area (Å²) < 4.78 is 11.0. The first kappa shape index (κ1) is 18.2. The van der Waals surface area contributed by atoms with Gasteiger partial charge in [0.15, 0.2) is 0 Å². The van der Waals surface area contributed by atoms with Crippen LogP contribution in [0.5, 0.6) is 0 Å². The fourth-order valence-corrected chi connectivity index (χ4v) is 2.35. The number of carbonyl (C=O) groups excluding carboxylic acids is 1. The Labute approximate surface area is 143 Å². The molecule has 0 saturated heterocycles. The van der Waals surface area contributed by atoms with Crippen molar-refractivity contribution in [3.63, 3.8) is 0 Å². The standard InChI is InChI=1S/C20H25NO3/c1-3-24-16(2)20(22)21-13-18-10-7-11-19(12-18)15-23-14-17-8-5-4-6-9-17/h4-12,16H,3,13-15H2,1-2H3,(H,21,22). The quantitative estimate of drug-likeness (QED) is 0.767. The molecule has 4 heteroatoms. The van der Waals surface area contributed by atoms with Crippen LogP contribution in [-0.2, 0) is 34.0 Å². The smallest absolute Gasteiger partial charge is 0.249 e. The van der Waals surface area contributed by atoms with Gasteiger partial charge in [-0.05, 0) is 30.5 Å². The third-order valence-electron chi connectivity index (χ3n) is 3.62. The molecule has 0 heterocycles. The van der Waals surface area contributed by atoms with Crippen molar-refractivity contribution >= 4 is 5.91 Å². The zero-order chi connectivity index (χ0) is 17.2. The lowest BCUT2D eigenvalue weighted by Crippen LogP contribution is -2.34. The maximum absolute atomic E-state index is 11.9. The molecule has 2 rings (SSSR count). The van der Waals surface area contributed by atoms with E-state index in [2.05, 4.69) is 11.4 Å². The van der Waals surface area contributed by atoms with Crippen LogP contribution >= 0.6 is 0 Å². The molecule has 0 fully saturated rings. The molecule has 0 aliphatic heterocycles. The Kier molecular flexibility index (Phi) is 7.46. The average Bonchev–Trinajstić information content (AvgIpc) is 2.61. The number of hydrogen-bond acceptors (Lipinski definition) is 3. The van der Waals surface area contributed by atoms with Gasteiger partial charge >= 0.3 is 0 Å². The summed E-state index contributed by atoms with van der Waals surface area (Å²) in [6, 6.07) is 18.2. The van der Waals surface area contributed by atoms with Crippen molar-refractivity contribution < 1.29 is 14.3 Å². The summed E-state index contributed by atoms with van der Waals surface area (Å²) in [5.41, 5.74) is 3.30. The molecule has 1 N–H and O–H groups in total.